The number of benzene rings is 3. The van der Waals surface area contributed by atoms with Crippen LogP contribution >= 0.6 is 9.24 Å². The Labute approximate surface area is 227 Å². The lowest BCUT2D eigenvalue weighted by molar-refractivity contribution is -0.145. The van der Waals surface area contributed by atoms with Gasteiger partial charge in [0.25, 0.3) is 0 Å². The fourth-order valence-corrected chi connectivity index (χ4v) is 3.78. The second-order valence-corrected chi connectivity index (χ2v) is 8.38. The summed E-state index contributed by atoms with van der Waals surface area (Å²) in [5, 5.41) is 1.09. The molecule has 1 aromatic heterocycles. The first-order valence-corrected chi connectivity index (χ1v) is 12.8. The number of esters is 1. The number of aromatic nitrogens is 1. The number of carbonyl (C=O) groups is 3. The summed E-state index contributed by atoms with van der Waals surface area (Å²) < 4.78 is 11.7. The van der Waals surface area contributed by atoms with Crippen LogP contribution in [0, 0.1) is 6.92 Å². The van der Waals surface area contributed by atoms with Gasteiger partial charge in [0, 0.05) is 11.1 Å². The molecule has 2 unspecified atom stereocenters. The summed E-state index contributed by atoms with van der Waals surface area (Å²) in [6.45, 7) is 12.2. The molecule has 1 heterocycles. The molecule has 0 aliphatic carbocycles. The Morgan fingerprint density at radius 1 is 0.895 bits per heavy atom. The van der Waals surface area contributed by atoms with Crippen molar-refractivity contribution in [1.82, 2.24) is 4.98 Å². The second-order valence-electron chi connectivity index (χ2n) is 7.71. The van der Waals surface area contributed by atoms with Crippen molar-refractivity contribution in [2.24, 2.45) is 0 Å². The lowest BCUT2D eigenvalue weighted by Gasteiger charge is -2.12. The van der Waals surface area contributed by atoms with Crippen LogP contribution in [0.25, 0.3) is 22.6 Å². The Hall–Kier alpha value is -3.89. The monoisotopic (exact) mass is 533 g/mol. The highest BCUT2D eigenvalue weighted by Gasteiger charge is 2.30. The third-order valence-corrected chi connectivity index (χ3v) is 5.68. The summed E-state index contributed by atoms with van der Waals surface area (Å²) in [7, 11) is 2.69. The Morgan fingerprint density at radius 2 is 1.45 bits per heavy atom. The lowest BCUT2D eigenvalue weighted by atomic mass is 9.99. The number of ether oxygens (including phenoxy) is 1. The third kappa shape index (κ3) is 8.89. The van der Waals surface area contributed by atoms with Crippen molar-refractivity contribution in [3.8, 4) is 22.6 Å². The van der Waals surface area contributed by atoms with E-state index in [1.54, 1.807) is 6.92 Å². The summed E-state index contributed by atoms with van der Waals surface area (Å²) >= 11 is 0. The summed E-state index contributed by atoms with van der Waals surface area (Å²) in [6.07, 6.45) is 0.456. The van der Waals surface area contributed by atoms with Gasteiger partial charge in [-0.2, -0.15) is 0 Å². The number of carbonyl (C=O) groups excluding carboxylic acids is 3. The van der Waals surface area contributed by atoms with Crippen LogP contribution in [0.4, 0.5) is 0 Å². The second kappa shape index (κ2) is 17.5. The predicted molar refractivity (Wildman–Crippen MR) is 157 cm³/mol. The SMILES string of the molecule is C=O.C=O.CC.CCOC(=O)C(Cc1ccccc1)c1nc(-c2ccc(P)cc2)c(-c2ccc(C)cc2)o1. The molecule has 0 saturated heterocycles. The molecule has 0 radical (unpaired) electrons. The van der Waals surface area contributed by atoms with Crippen LogP contribution in [0.2, 0.25) is 0 Å². The topological polar surface area (TPSA) is 86.5 Å². The molecule has 0 amide bonds. The van der Waals surface area contributed by atoms with E-state index in [-0.39, 0.29) is 5.97 Å². The fourth-order valence-electron chi connectivity index (χ4n) is 3.59. The maximum absolute atomic E-state index is 12.9. The van der Waals surface area contributed by atoms with Gasteiger partial charge < -0.3 is 18.7 Å². The zero-order valence-electron chi connectivity index (χ0n) is 22.5. The van der Waals surface area contributed by atoms with Crippen molar-refractivity contribution in [1.29, 1.82) is 0 Å². The molecule has 0 aliphatic heterocycles. The number of hydrogen-bond donors (Lipinski definition) is 0. The first-order valence-electron chi connectivity index (χ1n) is 12.3. The average molecular weight is 534 g/mol. The molecule has 7 heteroatoms. The van der Waals surface area contributed by atoms with E-state index in [4.69, 9.17) is 23.7 Å². The van der Waals surface area contributed by atoms with Crippen LogP contribution in [0.3, 0.4) is 0 Å². The van der Waals surface area contributed by atoms with E-state index in [1.165, 1.54) is 0 Å². The molecule has 200 valence electrons. The van der Waals surface area contributed by atoms with E-state index in [0.717, 1.165) is 33.3 Å². The zero-order valence-corrected chi connectivity index (χ0v) is 23.6. The van der Waals surface area contributed by atoms with E-state index in [9.17, 15) is 4.79 Å². The Kier molecular flexibility index (Phi) is 14.8. The van der Waals surface area contributed by atoms with Crippen molar-refractivity contribution < 1.29 is 23.5 Å². The highest BCUT2D eigenvalue weighted by molar-refractivity contribution is 7.27. The first-order chi connectivity index (χ1) is 18.5. The van der Waals surface area contributed by atoms with Gasteiger partial charge in [0.15, 0.2) is 5.76 Å². The quantitative estimate of drug-likeness (QED) is 0.203. The summed E-state index contributed by atoms with van der Waals surface area (Å²) in [6, 6.07) is 26.0. The minimum atomic E-state index is -0.628. The predicted octanol–water partition coefficient (Wildman–Crippen LogP) is 6.36. The van der Waals surface area contributed by atoms with Crippen LogP contribution in [0.5, 0.6) is 0 Å². The first kappa shape index (κ1) is 32.1. The average Bonchev–Trinajstić information content (AvgIpc) is 3.41. The molecule has 0 aliphatic rings. The van der Waals surface area contributed by atoms with E-state index < -0.39 is 5.92 Å². The Morgan fingerprint density at radius 3 is 2.00 bits per heavy atom. The van der Waals surface area contributed by atoms with Gasteiger partial charge in [-0.25, -0.2) is 4.98 Å². The molecular weight excluding hydrogens is 497 g/mol. The molecule has 0 spiro atoms. The fraction of sp³-hybridized carbons (Fsp3) is 0.226. The van der Waals surface area contributed by atoms with Gasteiger partial charge >= 0.3 is 5.97 Å². The van der Waals surface area contributed by atoms with E-state index >= 15 is 0 Å². The van der Waals surface area contributed by atoms with Crippen molar-refractivity contribution in [3.63, 3.8) is 0 Å². The van der Waals surface area contributed by atoms with E-state index in [2.05, 4.69) is 9.24 Å². The molecule has 6 nitrogen and oxygen atoms in total. The van der Waals surface area contributed by atoms with Crippen molar-refractivity contribution >= 4 is 34.1 Å². The number of hydrogen-bond acceptors (Lipinski definition) is 6. The van der Waals surface area contributed by atoms with Gasteiger partial charge in [0.05, 0.1) is 6.61 Å². The molecule has 4 aromatic rings. The minimum Gasteiger partial charge on any atom is -0.465 e. The van der Waals surface area contributed by atoms with Crippen LogP contribution in [-0.2, 0) is 25.5 Å². The van der Waals surface area contributed by atoms with Crippen LogP contribution in [0.1, 0.15) is 43.7 Å². The van der Waals surface area contributed by atoms with Crippen LogP contribution in [0.15, 0.2) is 83.3 Å². The van der Waals surface area contributed by atoms with Gasteiger partial charge in [-0.1, -0.05) is 98.3 Å². The zero-order chi connectivity index (χ0) is 28.5. The minimum absolute atomic E-state index is 0.304. The normalized spacial score (nSPS) is 10.3. The molecule has 0 saturated carbocycles. The highest BCUT2D eigenvalue weighted by Crippen LogP contribution is 2.36. The number of oxazole rings is 1. The summed E-state index contributed by atoms with van der Waals surface area (Å²) in [5.41, 5.74) is 4.76. The molecule has 4 rings (SSSR count). The van der Waals surface area contributed by atoms with Gasteiger partial charge in [0.2, 0.25) is 5.89 Å². The molecule has 0 N–H and O–H groups in total. The van der Waals surface area contributed by atoms with Gasteiger partial charge in [-0.3, -0.25) is 4.79 Å². The molecule has 38 heavy (non-hydrogen) atoms. The highest BCUT2D eigenvalue weighted by atomic mass is 31.0. The van der Waals surface area contributed by atoms with Crippen molar-refractivity contribution in [2.75, 3.05) is 6.61 Å². The smallest absolute Gasteiger partial charge is 0.318 e. The Bertz CT molecular complexity index is 1160. The maximum atomic E-state index is 12.9. The Balaban J connectivity index is 0.00000112. The number of rotatable bonds is 7. The molecule has 2 atom stereocenters. The number of nitrogens with zero attached hydrogens (tertiary/aromatic N) is 1. The van der Waals surface area contributed by atoms with Gasteiger partial charge in [-0.15, -0.1) is 9.24 Å². The standard InChI is InChI=1S/C27H26NO3P.C2H6.2CH2O/c1-3-30-27(29)23(17-19-7-5-4-6-8-19)26-28-24(20-13-15-22(32)16-14-20)25(31-26)21-11-9-18(2)10-12-21;3*1-2/h4-16,23H,3,17,32H2,1-2H3;1-2H3;2*1H2. The molecule has 3 aromatic carbocycles. The lowest BCUT2D eigenvalue weighted by Crippen LogP contribution is -2.18. The summed E-state index contributed by atoms with van der Waals surface area (Å²) in [4.78, 5) is 33.7. The maximum Gasteiger partial charge on any atom is 0.318 e. The summed E-state index contributed by atoms with van der Waals surface area (Å²) in [5.74, 6) is 0.0583. The van der Waals surface area contributed by atoms with Crippen LogP contribution in [-0.4, -0.2) is 31.1 Å². The van der Waals surface area contributed by atoms with Gasteiger partial charge in [-0.05, 0) is 31.1 Å². The number of aryl methyl sites for hydroxylation is 1. The van der Waals surface area contributed by atoms with Crippen molar-refractivity contribution in [3.05, 3.63) is 95.9 Å². The molecule has 0 fully saturated rings. The van der Waals surface area contributed by atoms with E-state index in [1.807, 2.05) is 113 Å². The van der Waals surface area contributed by atoms with Crippen LogP contribution < -0.4 is 5.30 Å². The molecule has 0 bridgehead atoms. The van der Waals surface area contributed by atoms with Crippen molar-refractivity contribution in [2.45, 2.75) is 40.0 Å². The largest absolute Gasteiger partial charge is 0.465 e. The van der Waals surface area contributed by atoms with Gasteiger partial charge in [0.1, 0.15) is 25.2 Å². The molecular formula is C31H36NO5P. The van der Waals surface area contributed by atoms with E-state index in [0.29, 0.717) is 24.7 Å². The third-order valence-electron chi connectivity index (χ3n) is 5.29.